The molecule has 0 aliphatic carbocycles. The minimum Gasteiger partial charge on any atom is -0.303 e. The van der Waals surface area contributed by atoms with Crippen molar-refractivity contribution in [3.63, 3.8) is 0 Å². The Morgan fingerprint density at radius 2 is 2.23 bits per heavy atom. The van der Waals surface area contributed by atoms with E-state index in [9.17, 15) is 0 Å². The van der Waals surface area contributed by atoms with Gasteiger partial charge in [0.15, 0.2) is 5.65 Å². The Kier molecular flexibility index (Phi) is 2.07. The summed E-state index contributed by atoms with van der Waals surface area (Å²) in [5, 5.41) is 0. The third-order valence-electron chi connectivity index (χ3n) is 1.94. The highest BCUT2D eigenvalue weighted by Gasteiger charge is 2.06. The van der Waals surface area contributed by atoms with Gasteiger partial charge in [0, 0.05) is 18.6 Å². The first-order valence-corrected chi connectivity index (χ1v) is 4.97. The molecular weight excluding hydrogens is 230 g/mol. The second-order valence-electron chi connectivity index (χ2n) is 3.27. The molecule has 0 aliphatic heterocycles. The molecule has 2 aromatic heterocycles. The lowest BCUT2D eigenvalue weighted by molar-refractivity contribution is 0.803. The fraction of sp³-hybridized carbons (Fsp3) is 0.333. The molecule has 0 fully saturated rings. The molecule has 13 heavy (non-hydrogen) atoms. The van der Waals surface area contributed by atoms with Gasteiger partial charge in [-0.2, -0.15) is 0 Å². The summed E-state index contributed by atoms with van der Waals surface area (Å²) in [5.74, 6) is 0.433. The van der Waals surface area contributed by atoms with Gasteiger partial charge in [-0.25, -0.2) is 9.97 Å². The molecule has 4 heteroatoms. The van der Waals surface area contributed by atoms with Gasteiger partial charge in [-0.15, -0.1) is 0 Å². The Balaban J connectivity index is 2.70. The maximum atomic E-state index is 4.41. The highest BCUT2D eigenvalue weighted by Crippen LogP contribution is 2.18. The lowest BCUT2D eigenvalue weighted by Gasteiger charge is -2.05. The van der Waals surface area contributed by atoms with E-state index in [1.165, 1.54) is 0 Å². The van der Waals surface area contributed by atoms with Crippen molar-refractivity contribution in [2.24, 2.45) is 0 Å². The normalized spacial score (nSPS) is 11.4. The first-order chi connectivity index (χ1) is 6.18. The SMILES string of the molecule is CC(C)c1cn2ccnc2c(Br)n1. The quantitative estimate of drug-likeness (QED) is 0.766. The molecule has 0 amide bonds. The predicted octanol–water partition coefficient (Wildman–Crippen LogP) is 2.62. The zero-order valence-corrected chi connectivity index (χ0v) is 9.12. The molecule has 0 aliphatic rings. The van der Waals surface area contributed by atoms with Crippen molar-refractivity contribution in [3.05, 3.63) is 28.9 Å². The van der Waals surface area contributed by atoms with Crippen LogP contribution in [0.1, 0.15) is 25.5 Å². The van der Waals surface area contributed by atoms with Crippen LogP contribution in [-0.4, -0.2) is 14.4 Å². The van der Waals surface area contributed by atoms with Gasteiger partial charge in [0.1, 0.15) is 4.60 Å². The van der Waals surface area contributed by atoms with E-state index in [0.717, 1.165) is 15.9 Å². The summed E-state index contributed by atoms with van der Waals surface area (Å²) >= 11 is 3.40. The van der Waals surface area contributed by atoms with Crippen LogP contribution in [-0.2, 0) is 0 Å². The number of aromatic nitrogens is 3. The highest BCUT2D eigenvalue weighted by atomic mass is 79.9. The monoisotopic (exact) mass is 239 g/mol. The number of imidazole rings is 1. The van der Waals surface area contributed by atoms with E-state index in [0.29, 0.717) is 5.92 Å². The average molecular weight is 240 g/mol. The average Bonchev–Trinajstić information content (AvgIpc) is 2.51. The third kappa shape index (κ3) is 1.46. The molecular formula is C9H10BrN3. The van der Waals surface area contributed by atoms with Crippen molar-refractivity contribution in [2.45, 2.75) is 19.8 Å². The number of rotatable bonds is 1. The summed E-state index contributed by atoms with van der Waals surface area (Å²) in [4.78, 5) is 8.58. The van der Waals surface area contributed by atoms with E-state index in [4.69, 9.17) is 0 Å². The molecule has 2 heterocycles. The second-order valence-corrected chi connectivity index (χ2v) is 4.02. The Hall–Kier alpha value is -0.900. The number of hydrogen-bond donors (Lipinski definition) is 0. The smallest absolute Gasteiger partial charge is 0.170 e. The van der Waals surface area contributed by atoms with Crippen LogP contribution in [0.4, 0.5) is 0 Å². The fourth-order valence-electron chi connectivity index (χ4n) is 1.19. The highest BCUT2D eigenvalue weighted by molar-refractivity contribution is 9.10. The van der Waals surface area contributed by atoms with Crippen LogP contribution < -0.4 is 0 Å². The van der Waals surface area contributed by atoms with Gasteiger partial charge in [-0.05, 0) is 21.8 Å². The molecule has 0 spiro atoms. The summed E-state index contributed by atoms with van der Waals surface area (Å²) < 4.78 is 2.79. The molecule has 0 N–H and O–H groups in total. The molecule has 0 unspecified atom stereocenters. The summed E-state index contributed by atoms with van der Waals surface area (Å²) in [6.07, 6.45) is 5.71. The van der Waals surface area contributed by atoms with E-state index in [1.807, 2.05) is 16.8 Å². The zero-order chi connectivity index (χ0) is 9.42. The first kappa shape index (κ1) is 8.69. The van der Waals surface area contributed by atoms with Gasteiger partial charge in [-0.3, -0.25) is 0 Å². The molecule has 68 valence electrons. The Morgan fingerprint density at radius 1 is 1.46 bits per heavy atom. The first-order valence-electron chi connectivity index (χ1n) is 4.17. The molecule has 0 aromatic carbocycles. The zero-order valence-electron chi connectivity index (χ0n) is 7.53. The summed E-state index contributed by atoms with van der Waals surface area (Å²) in [5.41, 5.74) is 1.93. The molecule has 0 bridgehead atoms. The van der Waals surface area contributed by atoms with Crippen molar-refractivity contribution >= 4 is 21.6 Å². The Labute approximate surface area is 85.0 Å². The molecule has 2 aromatic rings. The van der Waals surface area contributed by atoms with Gasteiger partial charge in [0.2, 0.25) is 0 Å². The molecule has 0 radical (unpaired) electrons. The van der Waals surface area contributed by atoms with Crippen molar-refractivity contribution in [1.29, 1.82) is 0 Å². The lowest BCUT2D eigenvalue weighted by atomic mass is 10.1. The van der Waals surface area contributed by atoms with Gasteiger partial charge < -0.3 is 4.40 Å². The van der Waals surface area contributed by atoms with E-state index in [-0.39, 0.29) is 0 Å². The van der Waals surface area contributed by atoms with Crippen LogP contribution in [0.3, 0.4) is 0 Å². The van der Waals surface area contributed by atoms with Crippen LogP contribution in [0, 0.1) is 0 Å². The molecule has 0 atom stereocenters. The van der Waals surface area contributed by atoms with Crippen LogP contribution in [0.15, 0.2) is 23.2 Å². The van der Waals surface area contributed by atoms with Gasteiger partial charge in [-0.1, -0.05) is 13.8 Å². The van der Waals surface area contributed by atoms with E-state index >= 15 is 0 Å². The number of halogens is 1. The van der Waals surface area contributed by atoms with Crippen molar-refractivity contribution in [3.8, 4) is 0 Å². The minimum atomic E-state index is 0.433. The largest absolute Gasteiger partial charge is 0.303 e. The van der Waals surface area contributed by atoms with Crippen LogP contribution in [0.5, 0.6) is 0 Å². The number of nitrogens with zero attached hydrogens (tertiary/aromatic N) is 3. The predicted molar refractivity (Wildman–Crippen MR) is 54.8 cm³/mol. The summed E-state index contributed by atoms with van der Waals surface area (Å²) in [7, 11) is 0. The summed E-state index contributed by atoms with van der Waals surface area (Å²) in [6, 6.07) is 0. The Morgan fingerprint density at radius 3 is 2.92 bits per heavy atom. The van der Waals surface area contributed by atoms with E-state index in [1.54, 1.807) is 6.20 Å². The Bertz CT molecular complexity index is 433. The van der Waals surface area contributed by atoms with Crippen LogP contribution in [0.2, 0.25) is 0 Å². The third-order valence-corrected chi connectivity index (χ3v) is 2.48. The fourth-order valence-corrected chi connectivity index (χ4v) is 1.70. The standard InChI is InChI=1S/C9H10BrN3/c1-6(2)7-5-13-4-3-11-9(13)8(10)12-7/h3-6H,1-2H3. The summed E-state index contributed by atoms with van der Waals surface area (Å²) in [6.45, 7) is 4.25. The maximum Gasteiger partial charge on any atom is 0.170 e. The van der Waals surface area contributed by atoms with Crippen LogP contribution >= 0.6 is 15.9 Å². The molecule has 2 rings (SSSR count). The number of fused-ring (bicyclic) bond motifs is 1. The van der Waals surface area contributed by atoms with E-state index in [2.05, 4.69) is 39.7 Å². The molecule has 0 saturated carbocycles. The van der Waals surface area contributed by atoms with Crippen molar-refractivity contribution in [1.82, 2.24) is 14.4 Å². The van der Waals surface area contributed by atoms with E-state index < -0.39 is 0 Å². The second kappa shape index (κ2) is 3.10. The minimum absolute atomic E-state index is 0.433. The van der Waals surface area contributed by atoms with Gasteiger partial charge in [0.05, 0.1) is 5.69 Å². The topological polar surface area (TPSA) is 30.2 Å². The van der Waals surface area contributed by atoms with Gasteiger partial charge in [0.25, 0.3) is 0 Å². The van der Waals surface area contributed by atoms with Gasteiger partial charge >= 0.3 is 0 Å². The lowest BCUT2D eigenvalue weighted by Crippen LogP contribution is -1.97. The van der Waals surface area contributed by atoms with Crippen molar-refractivity contribution in [2.75, 3.05) is 0 Å². The van der Waals surface area contributed by atoms with Crippen LogP contribution in [0.25, 0.3) is 5.65 Å². The maximum absolute atomic E-state index is 4.41. The molecule has 0 saturated heterocycles. The molecule has 3 nitrogen and oxygen atoms in total. The number of hydrogen-bond acceptors (Lipinski definition) is 2. The van der Waals surface area contributed by atoms with Crippen molar-refractivity contribution < 1.29 is 0 Å².